The SMILES string of the molecule is CCn1nc(C)cc1C(N)c1c(Br)cnn1CCOC. The average molecular weight is 342 g/mol. The molecule has 0 aliphatic carbocycles. The molecule has 2 heterocycles. The summed E-state index contributed by atoms with van der Waals surface area (Å²) in [5.74, 6) is 0. The quantitative estimate of drug-likeness (QED) is 0.870. The van der Waals surface area contributed by atoms with Crippen molar-refractivity contribution < 1.29 is 4.74 Å². The van der Waals surface area contributed by atoms with Crippen molar-refractivity contribution in [1.29, 1.82) is 0 Å². The van der Waals surface area contributed by atoms with Crippen LogP contribution in [0, 0.1) is 6.92 Å². The minimum atomic E-state index is -0.273. The largest absolute Gasteiger partial charge is 0.383 e. The van der Waals surface area contributed by atoms with Gasteiger partial charge in [-0.25, -0.2) is 0 Å². The summed E-state index contributed by atoms with van der Waals surface area (Å²) in [5.41, 5.74) is 9.33. The summed E-state index contributed by atoms with van der Waals surface area (Å²) in [5, 5.41) is 8.79. The Labute approximate surface area is 127 Å². The molecule has 6 nitrogen and oxygen atoms in total. The lowest BCUT2D eigenvalue weighted by atomic mass is 10.1. The Balaban J connectivity index is 2.36. The predicted molar refractivity (Wildman–Crippen MR) is 80.5 cm³/mol. The van der Waals surface area contributed by atoms with Crippen molar-refractivity contribution in [2.24, 2.45) is 5.73 Å². The molecule has 7 heteroatoms. The van der Waals surface area contributed by atoms with E-state index in [1.54, 1.807) is 13.3 Å². The van der Waals surface area contributed by atoms with Gasteiger partial charge < -0.3 is 10.5 Å². The molecule has 0 radical (unpaired) electrons. The highest BCUT2D eigenvalue weighted by molar-refractivity contribution is 9.10. The molecule has 20 heavy (non-hydrogen) atoms. The number of aryl methyl sites for hydroxylation is 2. The van der Waals surface area contributed by atoms with Crippen LogP contribution in [0.4, 0.5) is 0 Å². The Hall–Kier alpha value is -1.18. The van der Waals surface area contributed by atoms with Gasteiger partial charge in [-0.3, -0.25) is 9.36 Å². The number of halogens is 1. The van der Waals surface area contributed by atoms with Crippen molar-refractivity contribution in [3.05, 3.63) is 33.8 Å². The fourth-order valence-electron chi connectivity index (χ4n) is 2.25. The fourth-order valence-corrected chi connectivity index (χ4v) is 2.79. The number of hydrogen-bond donors (Lipinski definition) is 1. The minimum absolute atomic E-state index is 0.273. The van der Waals surface area contributed by atoms with E-state index in [1.807, 2.05) is 22.4 Å². The highest BCUT2D eigenvalue weighted by Crippen LogP contribution is 2.27. The van der Waals surface area contributed by atoms with E-state index in [0.29, 0.717) is 13.2 Å². The van der Waals surface area contributed by atoms with E-state index in [1.165, 1.54) is 0 Å². The smallest absolute Gasteiger partial charge is 0.0905 e. The zero-order valence-electron chi connectivity index (χ0n) is 12.0. The lowest BCUT2D eigenvalue weighted by Crippen LogP contribution is -2.22. The van der Waals surface area contributed by atoms with Crippen LogP contribution in [0.3, 0.4) is 0 Å². The topological polar surface area (TPSA) is 70.9 Å². The van der Waals surface area contributed by atoms with E-state index in [-0.39, 0.29) is 6.04 Å². The van der Waals surface area contributed by atoms with Gasteiger partial charge in [-0.15, -0.1) is 0 Å². The zero-order valence-corrected chi connectivity index (χ0v) is 13.6. The Morgan fingerprint density at radius 3 is 2.85 bits per heavy atom. The van der Waals surface area contributed by atoms with Gasteiger partial charge in [0.2, 0.25) is 0 Å². The fraction of sp³-hybridized carbons (Fsp3) is 0.538. The molecule has 0 aromatic carbocycles. The summed E-state index contributed by atoms with van der Waals surface area (Å²) >= 11 is 3.53. The van der Waals surface area contributed by atoms with Crippen LogP contribution in [-0.2, 0) is 17.8 Å². The number of aromatic nitrogens is 4. The molecule has 0 bridgehead atoms. The molecule has 0 spiro atoms. The number of hydrogen-bond acceptors (Lipinski definition) is 4. The van der Waals surface area contributed by atoms with Crippen LogP contribution < -0.4 is 5.73 Å². The molecule has 0 fully saturated rings. The third-order valence-corrected chi connectivity index (χ3v) is 3.80. The maximum Gasteiger partial charge on any atom is 0.0905 e. The van der Waals surface area contributed by atoms with Crippen LogP contribution in [0.1, 0.15) is 30.0 Å². The number of ether oxygens (including phenoxy) is 1. The van der Waals surface area contributed by atoms with Gasteiger partial charge in [0.15, 0.2) is 0 Å². The summed E-state index contributed by atoms with van der Waals surface area (Å²) in [6.45, 7) is 6.09. The molecule has 0 aliphatic heterocycles. The molecule has 2 aromatic heterocycles. The Kier molecular flexibility index (Phi) is 4.95. The van der Waals surface area contributed by atoms with Crippen molar-refractivity contribution in [3.63, 3.8) is 0 Å². The van der Waals surface area contributed by atoms with Gasteiger partial charge in [0, 0.05) is 13.7 Å². The maximum atomic E-state index is 6.43. The van der Waals surface area contributed by atoms with Crippen LogP contribution in [0.25, 0.3) is 0 Å². The van der Waals surface area contributed by atoms with Gasteiger partial charge in [-0.1, -0.05) is 0 Å². The number of rotatable bonds is 6. The van der Waals surface area contributed by atoms with Crippen molar-refractivity contribution in [1.82, 2.24) is 19.6 Å². The Morgan fingerprint density at radius 1 is 1.45 bits per heavy atom. The van der Waals surface area contributed by atoms with Gasteiger partial charge in [0.25, 0.3) is 0 Å². The van der Waals surface area contributed by atoms with Gasteiger partial charge in [-0.2, -0.15) is 10.2 Å². The van der Waals surface area contributed by atoms with E-state index in [2.05, 4.69) is 33.1 Å². The number of nitrogens with two attached hydrogens (primary N) is 1. The first-order chi connectivity index (χ1) is 9.58. The molecule has 110 valence electrons. The molecule has 0 amide bonds. The predicted octanol–water partition coefficient (Wildman–Crippen LogP) is 1.86. The summed E-state index contributed by atoms with van der Waals surface area (Å²) < 4.78 is 9.82. The molecule has 1 atom stereocenters. The third-order valence-electron chi connectivity index (χ3n) is 3.19. The second kappa shape index (κ2) is 6.51. The highest BCUT2D eigenvalue weighted by atomic mass is 79.9. The highest BCUT2D eigenvalue weighted by Gasteiger charge is 2.21. The summed E-state index contributed by atoms with van der Waals surface area (Å²) in [6, 6.07) is 1.75. The van der Waals surface area contributed by atoms with E-state index >= 15 is 0 Å². The normalized spacial score (nSPS) is 12.8. The zero-order chi connectivity index (χ0) is 14.7. The second-order valence-electron chi connectivity index (χ2n) is 4.60. The van der Waals surface area contributed by atoms with Crippen LogP contribution in [0.5, 0.6) is 0 Å². The van der Waals surface area contributed by atoms with Crippen molar-refractivity contribution in [2.45, 2.75) is 33.0 Å². The Morgan fingerprint density at radius 2 is 2.20 bits per heavy atom. The van der Waals surface area contributed by atoms with E-state index < -0.39 is 0 Å². The molecule has 2 N–H and O–H groups in total. The number of nitrogens with zero attached hydrogens (tertiary/aromatic N) is 4. The molecule has 2 aromatic rings. The molecule has 0 aliphatic rings. The molecular weight excluding hydrogens is 322 g/mol. The van der Waals surface area contributed by atoms with Crippen LogP contribution in [0.2, 0.25) is 0 Å². The summed E-state index contributed by atoms with van der Waals surface area (Å²) in [6.07, 6.45) is 1.77. The minimum Gasteiger partial charge on any atom is -0.383 e. The second-order valence-corrected chi connectivity index (χ2v) is 5.45. The first-order valence-corrected chi connectivity index (χ1v) is 7.37. The molecule has 1 unspecified atom stereocenters. The lowest BCUT2D eigenvalue weighted by molar-refractivity contribution is 0.182. The maximum absolute atomic E-state index is 6.43. The van der Waals surface area contributed by atoms with Gasteiger partial charge in [0.05, 0.1) is 46.9 Å². The van der Waals surface area contributed by atoms with E-state index in [4.69, 9.17) is 10.5 Å². The first kappa shape index (κ1) is 15.2. The van der Waals surface area contributed by atoms with Crippen molar-refractivity contribution >= 4 is 15.9 Å². The van der Waals surface area contributed by atoms with Crippen molar-refractivity contribution in [2.75, 3.05) is 13.7 Å². The average Bonchev–Trinajstić information content (AvgIpc) is 2.98. The molecule has 2 rings (SSSR count). The van der Waals surface area contributed by atoms with Crippen LogP contribution in [0.15, 0.2) is 16.7 Å². The van der Waals surface area contributed by atoms with E-state index in [9.17, 15) is 0 Å². The van der Waals surface area contributed by atoms with Crippen LogP contribution in [-0.4, -0.2) is 33.3 Å². The van der Waals surface area contributed by atoms with Gasteiger partial charge in [0.1, 0.15) is 0 Å². The van der Waals surface area contributed by atoms with Crippen molar-refractivity contribution in [3.8, 4) is 0 Å². The van der Waals surface area contributed by atoms with Gasteiger partial charge >= 0.3 is 0 Å². The molecular formula is C13H20BrN5O. The van der Waals surface area contributed by atoms with Gasteiger partial charge in [-0.05, 0) is 35.8 Å². The van der Waals surface area contributed by atoms with Crippen LogP contribution >= 0.6 is 15.9 Å². The number of methoxy groups -OCH3 is 1. The molecule has 0 saturated heterocycles. The monoisotopic (exact) mass is 341 g/mol. The first-order valence-electron chi connectivity index (χ1n) is 6.58. The summed E-state index contributed by atoms with van der Waals surface area (Å²) in [7, 11) is 1.67. The Bertz CT molecular complexity index is 577. The van der Waals surface area contributed by atoms with E-state index in [0.717, 1.165) is 28.1 Å². The lowest BCUT2D eigenvalue weighted by Gasteiger charge is -2.16. The molecule has 0 saturated carbocycles. The summed E-state index contributed by atoms with van der Waals surface area (Å²) in [4.78, 5) is 0. The third kappa shape index (κ3) is 2.94. The standard InChI is InChI=1S/C13H20BrN5O/c1-4-18-11(7-9(2)17-18)12(15)13-10(14)8-16-19(13)5-6-20-3/h7-8,12H,4-6,15H2,1-3H3.